The smallest absolute Gasteiger partial charge is 0.399 e. The monoisotopic (exact) mass is 348 g/mol. The van der Waals surface area contributed by atoms with E-state index in [1.165, 1.54) is 12.1 Å². The van der Waals surface area contributed by atoms with Crippen molar-refractivity contribution in [1.29, 1.82) is 0 Å². The number of rotatable bonds is 2. The quantitative estimate of drug-likeness (QED) is 0.611. The molecule has 3 aromatic rings. The summed E-state index contributed by atoms with van der Waals surface area (Å²) in [6.45, 7) is 8.23. The van der Waals surface area contributed by atoms with Crippen LogP contribution in [-0.4, -0.2) is 18.3 Å². The summed E-state index contributed by atoms with van der Waals surface area (Å²) in [7, 11) is -0.410. The minimum absolute atomic E-state index is 0.230. The van der Waals surface area contributed by atoms with Gasteiger partial charge >= 0.3 is 7.12 Å². The van der Waals surface area contributed by atoms with Gasteiger partial charge in [0, 0.05) is 0 Å². The Hall–Kier alpha value is -2.17. The maximum absolute atomic E-state index is 13.3. The minimum Gasteiger partial charge on any atom is -0.399 e. The summed E-state index contributed by atoms with van der Waals surface area (Å²) in [6, 6.07) is 18.9. The lowest BCUT2D eigenvalue weighted by molar-refractivity contribution is 0.00578. The van der Waals surface area contributed by atoms with E-state index >= 15 is 0 Å². The summed E-state index contributed by atoms with van der Waals surface area (Å²) in [5, 5.41) is 2.19. The van der Waals surface area contributed by atoms with E-state index in [1.54, 1.807) is 0 Å². The molecule has 3 aromatic carbocycles. The SMILES string of the molecule is CC1(C)OB(c2ccc(-c3ccc(F)cc3)c3ccccc23)OC1(C)C. The van der Waals surface area contributed by atoms with E-state index in [1.807, 2.05) is 24.3 Å². The van der Waals surface area contributed by atoms with Crippen molar-refractivity contribution in [2.45, 2.75) is 38.9 Å². The van der Waals surface area contributed by atoms with E-state index in [0.29, 0.717) is 0 Å². The number of fused-ring (bicyclic) bond motifs is 1. The molecule has 0 aromatic heterocycles. The first-order chi connectivity index (χ1) is 12.3. The number of hydrogen-bond acceptors (Lipinski definition) is 2. The van der Waals surface area contributed by atoms with Crippen LogP contribution >= 0.6 is 0 Å². The van der Waals surface area contributed by atoms with E-state index < -0.39 is 7.12 Å². The predicted octanol–water partition coefficient (Wildman–Crippen LogP) is 4.95. The summed E-state index contributed by atoms with van der Waals surface area (Å²) in [6.07, 6.45) is 0. The van der Waals surface area contributed by atoms with Crippen LogP contribution < -0.4 is 5.46 Å². The molecule has 1 aliphatic heterocycles. The Bertz CT molecular complexity index is 948. The fourth-order valence-electron chi connectivity index (χ4n) is 3.38. The fraction of sp³-hybridized carbons (Fsp3) is 0.273. The molecule has 0 bridgehead atoms. The van der Waals surface area contributed by atoms with Crippen LogP contribution in [0.2, 0.25) is 0 Å². The van der Waals surface area contributed by atoms with E-state index in [0.717, 1.165) is 27.4 Å². The molecule has 0 radical (unpaired) electrons. The number of hydrogen-bond donors (Lipinski definition) is 0. The van der Waals surface area contributed by atoms with E-state index in [2.05, 4.69) is 52.0 Å². The van der Waals surface area contributed by atoms with Gasteiger partial charge < -0.3 is 9.31 Å². The molecule has 132 valence electrons. The highest BCUT2D eigenvalue weighted by molar-refractivity contribution is 6.65. The summed E-state index contributed by atoms with van der Waals surface area (Å²) < 4.78 is 25.8. The van der Waals surface area contributed by atoms with Crippen molar-refractivity contribution < 1.29 is 13.7 Å². The van der Waals surface area contributed by atoms with Crippen LogP contribution in [0.25, 0.3) is 21.9 Å². The molecule has 1 heterocycles. The van der Waals surface area contributed by atoms with Gasteiger partial charge in [-0.15, -0.1) is 0 Å². The largest absolute Gasteiger partial charge is 0.495 e. The number of benzene rings is 3. The van der Waals surface area contributed by atoms with Gasteiger partial charge in [-0.05, 0) is 67.2 Å². The van der Waals surface area contributed by atoms with Gasteiger partial charge in [0.1, 0.15) is 5.82 Å². The first kappa shape index (κ1) is 17.3. The molecule has 0 amide bonds. The standard InChI is InChI=1S/C22H22BFO2/c1-21(2)22(3,4)26-23(25-21)20-14-13-17(15-9-11-16(24)12-10-15)18-7-5-6-8-19(18)20/h5-14H,1-4H3. The normalized spacial score (nSPS) is 18.4. The van der Waals surface area contributed by atoms with Gasteiger partial charge in [0.05, 0.1) is 11.2 Å². The Morgan fingerprint density at radius 2 is 1.31 bits per heavy atom. The van der Waals surface area contributed by atoms with E-state index in [9.17, 15) is 4.39 Å². The second-order valence-electron chi connectivity index (χ2n) is 7.84. The van der Waals surface area contributed by atoms with Crippen LogP contribution in [0.15, 0.2) is 60.7 Å². The van der Waals surface area contributed by atoms with Gasteiger partial charge in [0.15, 0.2) is 0 Å². The van der Waals surface area contributed by atoms with Crippen molar-refractivity contribution in [3.05, 3.63) is 66.5 Å². The second kappa shape index (κ2) is 5.93. The zero-order chi connectivity index (χ0) is 18.5. The Kier molecular flexibility index (Phi) is 3.94. The van der Waals surface area contributed by atoms with Gasteiger partial charge in [-0.25, -0.2) is 4.39 Å². The van der Waals surface area contributed by atoms with Gasteiger partial charge in [-0.2, -0.15) is 0 Å². The molecule has 0 spiro atoms. The minimum atomic E-state index is -0.410. The number of halogens is 1. The third kappa shape index (κ3) is 2.74. The predicted molar refractivity (Wildman–Crippen MR) is 105 cm³/mol. The van der Waals surface area contributed by atoms with Crippen molar-refractivity contribution in [1.82, 2.24) is 0 Å². The summed E-state index contributed by atoms with van der Waals surface area (Å²) >= 11 is 0. The van der Waals surface area contributed by atoms with Crippen molar-refractivity contribution in [3.8, 4) is 11.1 Å². The topological polar surface area (TPSA) is 18.5 Å². The first-order valence-corrected chi connectivity index (χ1v) is 8.92. The third-order valence-electron chi connectivity index (χ3n) is 5.62. The summed E-state index contributed by atoms with van der Waals surface area (Å²) in [5.41, 5.74) is 2.32. The van der Waals surface area contributed by atoms with Gasteiger partial charge in [0.2, 0.25) is 0 Å². The fourth-order valence-corrected chi connectivity index (χ4v) is 3.38. The maximum Gasteiger partial charge on any atom is 0.495 e. The average Bonchev–Trinajstić information content (AvgIpc) is 2.82. The van der Waals surface area contributed by atoms with E-state index in [4.69, 9.17) is 9.31 Å². The third-order valence-corrected chi connectivity index (χ3v) is 5.62. The molecular weight excluding hydrogens is 326 g/mol. The van der Waals surface area contributed by atoms with Gasteiger partial charge in [0.25, 0.3) is 0 Å². The Morgan fingerprint density at radius 3 is 1.92 bits per heavy atom. The Morgan fingerprint density at radius 1 is 0.731 bits per heavy atom. The van der Waals surface area contributed by atoms with Crippen LogP contribution in [-0.2, 0) is 9.31 Å². The van der Waals surface area contributed by atoms with Crippen molar-refractivity contribution in [2.24, 2.45) is 0 Å². The van der Waals surface area contributed by atoms with Crippen LogP contribution in [0.3, 0.4) is 0 Å². The van der Waals surface area contributed by atoms with Crippen molar-refractivity contribution >= 4 is 23.4 Å². The lowest BCUT2D eigenvalue weighted by Gasteiger charge is -2.32. The molecule has 0 atom stereocenters. The molecule has 0 saturated carbocycles. The molecular formula is C22H22BFO2. The molecule has 1 aliphatic rings. The molecule has 0 N–H and O–H groups in total. The maximum atomic E-state index is 13.3. The van der Waals surface area contributed by atoms with E-state index in [-0.39, 0.29) is 17.0 Å². The Balaban J connectivity index is 1.84. The molecule has 2 nitrogen and oxygen atoms in total. The molecule has 26 heavy (non-hydrogen) atoms. The van der Waals surface area contributed by atoms with Crippen molar-refractivity contribution in [3.63, 3.8) is 0 Å². The average molecular weight is 348 g/mol. The zero-order valence-corrected chi connectivity index (χ0v) is 15.5. The highest BCUT2D eigenvalue weighted by Crippen LogP contribution is 2.37. The lowest BCUT2D eigenvalue weighted by Crippen LogP contribution is -2.41. The van der Waals surface area contributed by atoms with Crippen LogP contribution in [0.4, 0.5) is 4.39 Å². The molecule has 1 fully saturated rings. The van der Waals surface area contributed by atoms with Gasteiger partial charge in [-0.3, -0.25) is 0 Å². The van der Waals surface area contributed by atoms with Crippen molar-refractivity contribution in [2.75, 3.05) is 0 Å². The van der Waals surface area contributed by atoms with Crippen LogP contribution in [0, 0.1) is 5.82 Å². The zero-order valence-electron chi connectivity index (χ0n) is 15.5. The second-order valence-corrected chi connectivity index (χ2v) is 7.84. The molecule has 1 saturated heterocycles. The van der Waals surface area contributed by atoms with Gasteiger partial charge in [-0.1, -0.05) is 48.5 Å². The first-order valence-electron chi connectivity index (χ1n) is 8.92. The van der Waals surface area contributed by atoms with Crippen LogP contribution in [0.1, 0.15) is 27.7 Å². The molecule has 4 heteroatoms. The highest BCUT2D eigenvalue weighted by atomic mass is 19.1. The molecule has 4 rings (SSSR count). The summed E-state index contributed by atoms with van der Waals surface area (Å²) in [4.78, 5) is 0. The van der Waals surface area contributed by atoms with Crippen LogP contribution in [0.5, 0.6) is 0 Å². The molecule has 0 aliphatic carbocycles. The highest BCUT2D eigenvalue weighted by Gasteiger charge is 2.52. The Labute approximate surface area is 154 Å². The summed E-state index contributed by atoms with van der Waals surface area (Å²) in [5.74, 6) is -0.230. The lowest BCUT2D eigenvalue weighted by atomic mass is 9.75. The molecule has 0 unspecified atom stereocenters.